The standard InChI is InChI=1S/C40H52O7/c1-5-6-7-10-25-16-27-18-33(43)28(14-23(2)3)17-30(27)39-37(45-4)21-35-31(38(25)39)20-34(44)40(47-35)26-12-13-32(42)36(19-26)46-29-11-8-9-24(15-29)22-41/h12-13,17-19,21,23-25,29,34,40-44H,5-11,14-16,20,22H2,1-4H3/t24-,25+,29+,34+,40-/m0/s1. The van der Waals surface area contributed by atoms with E-state index < -0.39 is 12.2 Å². The van der Waals surface area contributed by atoms with Gasteiger partial charge in [-0.05, 0) is 115 Å². The Kier molecular flexibility index (Phi) is 10.2. The summed E-state index contributed by atoms with van der Waals surface area (Å²) < 4.78 is 19.0. The van der Waals surface area contributed by atoms with Gasteiger partial charge in [-0.1, -0.05) is 46.1 Å². The topological polar surface area (TPSA) is 109 Å². The van der Waals surface area contributed by atoms with Crippen molar-refractivity contribution >= 4 is 0 Å². The highest BCUT2D eigenvalue weighted by Gasteiger charge is 2.38. The highest BCUT2D eigenvalue weighted by Crippen LogP contribution is 2.54. The number of unbranched alkanes of at least 4 members (excludes halogenated alkanes) is 2. The molecule has 5 atom stereocenters. The largest absolute Gasteiger partial charge is 0.508 e. The summed E-state index contributed by atoms with van der Waals surface area (Å²) in [6, 6.07) is 11.3. The maximum atomic E-state index is 11.7. The van der Waals surface area contributed by atoms with Crippen molar-refractivity contribution in [2.24, 2.45) is 11.8 Å². The lowest BCUT2D eigenvalue weighted by Crippen LogP contribution is -2.32. The molecule has 0 saturated heterocycles. The molecule has 2 aliphatic carbocycles. The molecule has 4 N–H and O–H groups in total. The number of ether oxygens (including phenoxy) is 3. The fourth-order valence-corrected chi connectivity index (χ4v) is 8.15. The molecule has 0 amide bonds. The van der Waals surface area contributed by atoms with Crippen LogP contribution in [0.5, 0.6) is 28.7 Å². The minimum absolute atomic E-state index is 0.0535. The number of fused-ring (bicyclic) bond motifs is 5. The molecule has 47 heavy (non-hydrogen) atoms. The monoisotopic (exact) mass is 644 g/mol. The van der Waals surface area contributed by atoms with Crippen molar-refractivity contribution in [2.75, 3.05) is 13.7 Å². The quantitative estimate of drug-likeness (QED) is 0.156. The fraction of sp³-hybridized carbons (Fsp3) is 0.550. The molecular weight excluding hydrogens is 592 g/mol. The van der Waals surface area contributed by atoms with E-state index in [1.54, 1.807) is 25.3 Å². The number of hydrogen-bond donors (Lipinski definition) is 4. The van der Waals surface area contributed by atoms with E-state index in [2.05, 4.69) is 26.8 Å². The van der Waals surface area contributed by atoms with Crippen LogP contribution in [0.3, 0.4) is 0 Å². The maximum absolute atomic E-state index is 11.7. The summed E-state index contributed by atoms with van der Waals surface area (Å²) in [6.45, 7) is 6.69. The molecule has 7 nitrogen and oxygen atoms in total. The molecule has 3 aliphatic rings. The first-order chi connectivity index (χ1) is 22.7. The number of hydrogen-bond acceptors (Lipinski definition) is 7. The molecule has 0 unspecified atom stereocenters. The zero-order valence-electron chi connectivity index (χ0n) is 28.4. The zero-order valence-corrected chi connectivity index (χ0v) is 28.4. The zero-order chi connectivity index (χ0) is 33.2. The summed E-state index contributed by atoms with van der Waals surface area (Å²) in [5, 5.41) is 43.0. The molecule has 1 saturated carbocycles. The van der Waals surface area contributed by atoms with E-state index in [4.69, 9.17) is 14.2 Å². The van der Waals surface area contributed by atoms with E-state index in [1.807, 2.05) is 12.1 Å². The molecule has 3 aromatic carbocycles. The highest BCUT2D eigenvalue weighted by molar-refractivity contribution is 5.83. The van der Waals surface area contributed by atoms with Crippen molar-refractivity contribution in [3.63, 3.8) is 0 Å². The molecule has 7 heteroatoms. The van der Waals surface area contributed by atoms with Gasteiger partial charge < -0.3 is 34.6 Å². The predicted molar refractivity (Wildman–Crippen MR) is 184 cm³/mol. The van der Waals surface area contributed by atoms with Crippen molar-refractivity contribution in [1.82, 2.24) is 0 Å². The van der Waals surface area contributed by atoms with Crippen LogP contribution >= 0.6 is 0 Å². The molecule has 1 fully saturated rings. The summed E-state index contributed by atoms with van der Waals surface area (Å²) in [4.78, 5) is 0. The molecule has 0 radical (unpaired) electrons. The Morgan fingerprint density at radius 1 is 0.979 bits per heavy atom. The van der Waals surface area contributed by atoms with Crippen molar-refractivity contribution in [2.45, 2.75) is 116 Å². The molecule has 0 aromatic heterocycles. The summed E-state index contributed by atoms with van der Waals surface area (Å²) >= 11 is 0. The van der Waals surface area contributed by atoms with E-state index in [0.717, 1.165) is 109 Å². The Morgan fingerprint density at radius 2 is 1.81 bits per heavy atom. The number of methoxy groups -OCH3 is 1. The first kappa shape index (κ1) is 33.5. The molecular formula is C40H52O7. The van der Waals surface area contributed by atoms with Crippen LogP contribution in [-0.4, -0.2) is 46.4 Å². The van der Waals surface area contributed by atoms with Crippen LogP contribution in [-0.2, 0) is 19.3 Å². The molecule has 254 valence electrons. The van der Waals surface area contributed by atoms with E-state index in [9.17, 15) is 20.4 Å². The van der Waals surface area contributed by atoms with Crippen LogP contribution in [0.1, 0.15) is 112 Å². The molecule has 1 heterocycles. The summed E-state index contributed by atoms with van der Waals surface area (Å²) in [5.74, 6) is 3.08. The number of rotatable bonds is 11. The lowest BCUT2D eigenvalue weighted by atomic mass is 9.72. The van der Waals surface area contributed by atoms with E-state index >= 15 is 0 Å². The Balaban J connectivity index is 1.38. The smallest absolute Gasteiger partial charge is 0.161 e. The summed E-state index contributed by atoms with van der Waals surface area (Å²) in [6.07, 6.45) is 8.49. The second-order valence-corrected chi connectivity index (χ2v) is 14.5. The SMILES string of the molecule is CCCCC[C@@H]1Cc2cc(O)c(CC(C)C)cc2-c2c(OC)cc3c(c21)C[C@@H](O)[C@H](c1ccc(O)c(O[C@@H]2CCC[C@H](CO)C2)c1)O3. The van der Waals surface area contributed by atoms with Gasteiger partial charge in [-0.15, -0.1) is 0 Å². The lowest BCUT2D eigenvalue weighted by molar-refractivity contribution is 0.0198. The normalized spacial score (nSPS) is 23.4. The van der Waals surface area contributed by atoms with E-state index in [1.165, 1.54) is 5.56 Å². The van der Waals surface area contributed by atoms with Gasteiger partial charge in [0.2, 0.25) is 0 Å². The second-order valence-electron chi connectivity index (χ2n) is 14.5. The molecule has 0 bridgehead atoms. The number of benzene rings is 3. The van der Waals surface area contributed by atoms with Gasteiger partial charge in [-0.2, -0.15) is 0 Å². The van der Waals surface area contributed by atoms with Gasteiger partial charge in [0, 0.05) is 30.2 Å². The van der Waals surface area contributed by atoms with Crippen molar-refractivity contribution in [1.29, 1.82) is 0 Å². The average Bonchev–Trinajstić information content (AvgIpc) is 3.05. The Labute approximate surface area is 279 Å². The second kappa shape index (κ2) is 14.4. The number of phenolic OH excluding ortho intramolecular Hbond substituents is 2. The third-order valence-corrected chi connectivity index (χ3v) is 10.5. The van der Waals surface area contributed by atoms with Gasteiger partial charge >= 0.3 is 0 Å². The van der Waals surface area contributed by atoms with Crippen molar-refractivity contribution in [3.8, 4) is 39.9 Å². The number of phenols is 2. The average molecular weight is 645 g/mol. The fourth-order valence-electron chi connectivity index (χ4n) is 8.15. The Bertz CT molecular complexity index is 1560. The van der Waals surface area contributed by atoms with Crippen molar-refractivity contribution in [3.05, 3.63) is 64.2 Å². The van der Waals surface area contributed by atoms with Gasteiger partial charge in [0.1, 0.15) is 23.4 Å². The van der Waals surface area contributed by atoms with Crippen LogP contribution < -0.4 is 14.2 Å². The Morgan fingerprint density at radius 3 is 2.55 bits per heavy atom. The van der Waals surface area contributed by atoms with Crippen molar-refractivity contribution < 1.29 is 34.6 Å². The minimum Gasteiger partial charge on any atom is -0.508 e. The van der Waals surface area contributed by atoms with Gasteiger partial charge in [0.25, 0.3) is 0 Å². The number of aliphatic hydroxyl groups is 2. The number of aliphatic hydroxyl groups excluding tert-OH is 2. The minimum atomic E-state index is -0.806. The van der Waals surface area contributed by atoms with Gasteiger partial charge in [0.05, 0.1) is 19.3 Å². The van der Waals surface area contributed by atoms with Crippen LogP contribution in [0.4, 0.5) is 0 Å². The van der Waals surface area contributed by atoms with Gasteiger partial charge in [0.15, 0.2) is 11.5 Å². The first-order valence-electron chi connectivity index (χ1n) is 17.7. The molecule has 6 rings (SSSR count). The van der Waals surface area contributed by atoms with Gasteiger partial charge in [-0.3, -0.25) is 0 Å². The lowest BCUT2D eigenvalue weighted by Gasteiger charge is -2.38. The first-order valence-corrected chi connectivity index (χ1v) is 17.7. The van der Waals surface area contributed by atoms with Gasteiger partial charge in [-0.25, -0.2) is 0 Å². The third-order valence-electron chi connectivity index (χ3n) is 10.5. The van der Waals surface area contributed by atoms with Crippen LogP contribution in [0, 0.1) is 11.8 Å². The maximum Gasteiger partial charge on any atom is 0.161 e. The molecule has 0 spiro atoms. The van der Waals surface area contributed by atoms with E-state index in [0.29, 0.717) is 23.8 Å². The number of aromatic hydroxyl groups is 2. The highest BCUT2D eigenvalue weighted by atomic mass is 16.5. The molecule has 3 aromatic rings. The van der Waals surface area contributed by atoms with Crippen LogP contribution in [0.2, 0.25) is 0 Å². The van der Waals surface area contributed by atoms with Crippen LogP contribution in [0.15, 0.2) is 36.4 Å². The third kappa shape index (κ3) is 6.93. The molecule has 1 aliphatic heterocycles. The van der Waals surface area contributed by atoms with E-state index in [-0.39, 0.29) is 30.3 Å². The Hall–Kier alpha value is -3.42. The van der Waals surface area contributed by atoms with Crippen LogP contribution in [0.25, 0.3) is 11.1 Å². The summed E-state index contributed by atoms with van der Waals surface area (Å²) in [7, 11) is 1.70. The predicted octanol–water partition coefficient (Wildman–Crippen LogP) is 8.16. The summed E-state index contributed by atoms with van der Waals surface area (Å²) in [5.41, 5.74) is 7.20.